The van der Waals surface area contributed by atoms with Gasteiger partial charge in [0.2, 0.25) is 0 Å². The van der Waals surface area contributed by atoms with Crippen molar-refractivity contribution in [1.82, 2.24) is 9.88 Å². The fourth-order valence-corrected chi connectivity index (χ4v) is 5.12. The number of thiazole rings is 1. The Bertz CT molecular complexity index is 1090. The number of fused-ring (bicyclic) bond motifs is 1. The Kier molecular flexibility index (Phi) is 7.86. The summed E-state index contributed by atoms with van der Waals surface area (Å²) in [7, 11) is 0. The molecule has 32 heavy (non-hydrogen) atoms. The summed E-state index contributed by atoms with van der Waals surface area (Å²) in [6.45, 7) is 6.39. The molecule has 4 rings (SSSR count). The molecule has 0 bridgehead atoms. The Hall–Kier alpha value is -1.90. The Balaban J connectivity index is 1.54. The van der Waals surface area contributed by atoms with E-state index in [-0.39, 0.29) is 12.5 Å². The number of halogens is 2. The van der Waals surface area contributed by atoms with Crippen molar-refractivity contribution in [2.45, 2.75) is 13.3 Å². The van der Waals surface area contributed by atoms with Gasteiger partial charge in [-0.2, -0.15) is 0 Å². The van der Waals surface area contributed by atoms with Gasteiger partial charge >= 0.3 is 0 Å². The highest BCUT2D eigenvalue weighted by molar-refractivity contribution is 7.22. The summed E-state index contributed by atoms with van der Waals surface area (Å²) < 4.78 is 12.2. The molecule has 0 N–H and O–H groups in total. The first kappa shape index (κ1) is 23.3. The molecule has 2 heterocycles. The minimum absolute atomic E-state index is 0.138. The van der Waals surface area contributed by atoms with Crippen LogP contribution in [0.1, 0.15) is 12.5 Å². The van der Waals surface area contributed by atoms with E-state index in [0.29, 0.717) is 40.7 Å². The quantitative estimate of drug-likeness (QED) is 0.446. The molecular formula is C23H25Cl2N3O3S. The maximum absolute atomic E-state index is 13.3. The van der Waals surface area contributed by atoms with E-state index in [9.17, 15) is 4.79 Å². The molecule has 0 radical (unpaired) electrons. The first-order valence-corrected chi connectivity index (χ1v) is 12.2. The summed E-state index contributed by atoms with van der Waals surface area (Å²) in [6.07, 6.45) is 0.889. The van der Waals surface area contributed by atoms with E-state index in [0.717, 1.165) is 36.3 Å². The molecule has 0 atom stereocenters. The number of aromatic nitrogens is 1. The van der Waals surface area contributed by atoms with Crippen molar-refractivity contribution in [1.29, 1.82) is 0 Å². The molecule has 0 unspecified atom stereocenters. The van der Waals surface area contributed by atoms with E-state index in [1.165, 1.54) is 16.9 Å². The minimum atomic E-state index is -0.165. The lowest BCUT2D eigenvalue weighted by atomic mass is 10.1. The first-order chi connectivity index (χ1) is 15.5. The maximum Gasteiger partial charge on any atom is 0.266 e. The summed E-state index contributed by atoms with van der Waals surface area (Å²) in [5, 5.41) is 1.57. The molecule has 0 spiro atoms. The van der Waals surface area contributed by atoms with Gasteiger partial charge in [0.15, 0.2) is 11.7 Å². The van der Waals surface area contributed by atoms with Crippen LogP contribution in [0.15, 0.2) is 36.4 Å². The zero-order valence-electron chi connectivity index (χ0n) is 17.9. The van der Waals surface area contributed by atoms with Crippen molar-refractivity contribution in [3.63, 3.8) is 0 Å². The van der Waals surface area contributed by atoms with Crippen LogP contribution in [-0.4, -0.2) is 61.8 Å². The van der Waals surface area contributed by atoms with Crippen LogP contribution in [0.25, 0.3) is 10.2 Å². The predicted molar refractivity (Wildman–Crippen MR) is 131 cm³/mol. The Morgan fingerprint density at radius 2 is 2.06 bits per heavy atom. The van der Waals surface area contributed by atoms with Crippen LogP contribution in [0, 0.1) is 0 Å². The number of morpholine rings is 1. The van der Waals surface area contributed by atoms with Gasteiger partial charge in [-0.25, -0.2) is 4.98 Å². The van der Waals surface area contributed by atoms with Crippen LogP contribution in [0.5, 0.6) is 5.75 Å². The number of rotatable bonds is 8. The molecule has 1 aliphatic heterocycles. The summed E-state index contributed by atoms with van der Waals surface area (Å²) in [5.41, 5.74) is 2.13. The predicted octanol–water partition coefficient (Wildman–Crippen LogP) is 4.91. The molecule has 0 saturated carbocycles. The second-order valence-electron chi connectivity index (χ2n) is 7.48. The molecule has 2 aromatic carbocycles. The zero-order chi connectivity index (χ0) is 22.5. The molecule has 1 aromatic heterocycles. The third kappa shape index (κ3) is 5.53. The second-order valence-corrected chi connectivity index (χ2v) is 9.33. The summed E-state index contributed by atoms with van der Waals surface area (Å²) in [4.78, 5) is 22.1. The molecule has 1 fully saturated rings. The molecular weight excluding hydrogens is 469 g/mol. The molecule has 0 aliphatic carbocycles. The van der Waals surface area contributed by atoms with Crippen molar-refractivity contribution < 1.29 is 14.3 Å². The van der Waals surface area contributed by atoms with Gasteiger partial charge in [-0.1, -0.05) is 53.6 Å². The minimum Gasteiger partial charge on any atom is -0.482 e. The highest BCUT2D eigenvalue weighted by atomic mass is 35.5. The summed E-state index contributed by atoms with van der Waals surface area (Å²) >= 11 is 13.7. The Morgan fingerprint density at radius 1 is 1.25 bits per heavy atom. The topological polar surface area (TPSA) is 54.9 Å². The molecule has 170 valence electrons. The number of benzene rings is 2. The number of hydrogen-bond acceptors (Lipinski definition) is 6. The third-order valence-electron chi connectivity index (χ3n) is 5.39. The third-order valence-corrected chi connectivity index (χ3v) is 6.97. The van der Waals surface area contributed by atoms with E-state index in [2.05, 4.69) is 17.9 Å². The maximum atomic E-state index is 13.3. The highest BCUT2D eigenvalue weighted by Gasteiger charge is 2.23. The lowest BCUT2D eigenvalue weighted by Gasteiger charge is -2.29. The number of ether oxygens (including phenoxy) is 2. The van der Waals surface area contributed by atoms with Crippen molar-refractivity contribution in [3.05, 3.63) is 52.0 Å². The van der Waals surface area contributed by atoms with Gasteiger partial charge in [-0.05, 0) is 36.2 Å². The van der Waals surface area contributed by atoms with E-state index >= 15 is 0 Å². The van der Waals surface area contributed by atoms with Gasteiger partial charge in [0.25, 0.3) is 5.91 Å². The van der Waals surface area contributed by atoms with Crippen LogP contribution in [0.4, 0.5) is 5.13 Å². The summed E-state index contributed by atoms with van der Waals surface area (Å²) in [5.74, 6) is 0.261. The van der Waals surface area contributed by atoms with Crippen molar-refractivity contribution in [2.75, 3.05) is 50.9 Å². The number of aryl methyl sites for hydroxylation is 1. The van der Waals surface area contributed by atoms with Crippen molar-refractivity contribution in [3.8, 4) is 5.75 Å². The van der Waals surface area contributed by atoms with Crippen LogP contribution < -0.4 is 9.64 Å². The number of carbonyl (C=O) groups is 1. The standard InChI is InChI=1S/C23H25Cl2N3O3S/c1-2-16-4-3-5-20-22(16)26-23(32-20)28(9-8-27-10-12-30-13-11-27)21(29)15-31-19-7-6-17(24)14-18(19)25/h3-7,14H,2,8-13,15H2,1H3. The van der Waals surface area contributed by atoms with Gasteiger partial charge in [0, 0.05) is 31.2 Å². The molecule has 1 saturated heterocycles. The summed E-state index contributed by atoms with van der Waals surface area (Å²) in [6, 6.07) is 11.1. The SMILES string of the molecule is CCc1cccc2sc(N(CCN3CCOCC3)C(=O)COc3ccc(Cl)cc3Cl)nc12. The van der Waals surface area contributed by atoms with Gasteiger partial charge < -0.3 is 9.47 Å². The average Bonchev–Trinajstić information content (AvgIpc) is 3.23. The molecule has 1 aliphatic rings. The zero-order valence-corrected chi connectivity index (χ0v) is 20.2. The highest BCUT2D eigenvalue weighted by Crippen LogP contribution is 2.32. The Morgan fingerprint density at radius 3 is 2.81 bits per heavy atom. The number of anilines is 1. The lowest BCUT2D eigenvalue weighted by Crippen LogP contribution is -2.44. The monoisotopic (exact) mass is 493 g/mol. The number of nitrogens with zero attached hydrogens (tertiary/aromatic N) is 3. The normalized spacial score (nSPS) is 14.6. The van der Waals surface area contributed by atoms with Crippen LogP contribution >= 0.6 is 34.5 Å². The van der Waals surface area contributed by atoms with Crippen LogP contribution in [0.2, 0.25) is 10.0 Å². The molecule has 9 heteroatoms. The number of para-hydroxylation sites is 1. The molecule has 1 amide bonds. The average molecular weight is 494 g/mol. The largest absolute Gasteiger partial charge is 0.482 e. The smallest absolute Gasteiger partial charge is 0.266 e. The fraction of sp³-hybridized carbons (Fsp3) is 0.391. The van der Waals surface area contributed by atoms with Gasteiger partial charge in [-0.3, -0.25) is 14.6 Å². The van der Waals surface area contributed by atoms with Crippen molar-refractivity contribution >= 4 is 55.8 Å². The van der Waals surface area contributed by atoms with E-state index < -0.39 is 0 Å². The number of carbonyl (C=O) groups excluding carboxylic acids is 1. The van der Waals surface area contributed by atoms with Crippen molar-refractivity contribution in [2.24, 2.45) is 0 Å². The van der Waals surface area contributed by atoms with E-state index in [1.54, 1.807) is 23.1 Å². The van der Waals surface area contributed by atoms with E-state index in [4.69, 9.17) is 37.7 Å². The van der Waals surface area contributed by atoms with Gasteiger partial charge in [-0.15, -0.1) is 0 Å². The van der Waals surface area contributed by atoms with Crippen LogP contribution in [0.3, 0.4) is 0 Å². The molecule has 6 nitrogen and oxygen atoms in total. The second kappa shape index (κ2) is 10.8. The number of hydrogen-bond donors (Lipinski definition) is 0. The van der Waals surface area contributed by atoms with E-state index in [1.807, 2.05) is 12.1 Å². The van der Waals surface area contributed by atoms with Crippen LogP contribution in [-0.2, 0) is 16.0 Å². The van der Waals surface area contributed by atoms with Gasteiger partial charge in [0.05, 0.1) is 28.5 Å². The first-order valence-electron chi connectivity index (χ1n) is 10.6. The lowest BCUT2D eigenvalue weighted by molar-refractivity contribution is -0.120. The molecule has 3 aromatic rings. The Labute approximate surface area is 201 Å². The number of amides is 1. The fourth-order valence-electron chi connectivity index (χ4n) is 3.60. The van der Waals surface area contributed by atoms with Gasteiger partial charge in [0.1, 0.15) is 5.75 Å².